The van der Waals surface area contributed by atoms with Crippen LogP contribution in [0.3, 0.4) is 0 Å². The number of benzene rings is 2. The first-order chi connectivity index (χ1) is 10.4. The average molecular weight is 428 g/mol. The summed E-state index contributed by atoms with van der Waals surface area (Å²) in [6.07, 6.45) is 10.9. The van der Waals surface area contributed by atoms with Crippen LogP contribution in [-0.2, 0) is 26.2 Å². The Morgan fingerprint density at radius 2 is 1.71 bits per heavy atom. The number of rotatable bonds is 1. The van der Waals surface area contributed by atoms with Crippen LogP contribution in [0.15, 0.2) is 59.6 Å². The maximum absolute atomic E-state index is 4.87. The molecular weight excluding hydrogens is 416 g/mol. The predicted octanol–water partition coefficient (Wildman–Crippen LogP) is -1.17. The van der Waals surface area contributed by atoms with E-state index in [0.717, 1.165) is 17.8 Å². The summed E-state index contributed by atoms with van der Waals surface area (Å²) < 4.78 is 0. The van der Waals surface area contributed by atoms with Crippen molar-refractivity contribution in [2.24, 2.45) is 4.99 Å². The van der Waals surface area contributed by atoms with Crippen LogP contribution in [0.2, 0.25) is 0 Å². The van der Waals surface area contributed by atoms with Gasteiger partial charge in [0.15, 0.2) is 0 Å². The summed E-state index contributed by atoms with van der Waals surface area (Å²) in [6, 6.07) is 14.9. The van der Waals surface area contributed by atoms with Gasteiger partial charge in [0.05, 0.1) is 11.4 Å². The third-order valence-corrected chi connectivity index (χ3v) is 4.30. The SMILES string of the molecule is [C-]1=C(c2cccc3c2C2=Cc4ccccc4C2=N3)C=CC1.[Cl-].[Cl-].[Zr+3]. The molecule has 24 heavy (non-hydrogen) atoms. The number of aliphatic imine (C=N–C) groups is 1. The van der Waals surface area contributed by atoms with Gasteiger partial charge in [-0.2, -0.15) is 17.7 Å². The Balaban J connectivity index is 0.000000694. The fourth-order valence-corrected chi connectivity index (χ4v) is 3.37. The molecule has 0 atom stereocenters. The Hall–Kier alpha value is -1.21. The summed E-state index contributed by atoms with van der Waals surface area (Å²) in [6.45, 7) is 0. The first-order valence-electron chi connectivity index (χ1n) is 7.23. The molecule has 0 bridgehead atoms. The Kier molecular flexibility index (Phi) is 5.86. The van der Waals surface area contributed by atoms with Crippen LogP contribution in [0.25, 0.3) is 17.2 Å². The minimum absolute atomic E-state index is 0. The minimum Gasteiger partial charge on any atom is -1.00 e. The molecule has 1 radical (unpaired) electrons. The van der Waals surface area contributed by atoms with Crippen LogP contribution < -0.4 is 24.8 Å². The Morgan fingerprint density at radius 1 is 0.917 bits per heavy atom. The number of hydrogen-bond donors (Lipinski definition) is 0. The van der Waals surface area contributed by atoms with Gasteiger partial charge < -0.3 is 24.8 Å². The molecule has 3 aliphatic rings. The first kappa shape index (κ1) is 19.1. The zero-order chi connectivity index (χ0) is 13.8. The molecule has 5 rings (SSSR count). The molecular formula is C20H12Cl2NZr. The quantitative estimate of drug-likeness (QED) is 0.508. The second-order valence-electron chi connectivity index (χ2n) is 5.50. The van der Waals surface area contributed by atoms with E-state index in [4.69, 9.17) is 4.99 Å². The van der Waals surface area contributed by atoms with E-state index in [2.05, 4.69) is 66.8 Å². The van der Waals surface area contributed by atoms with E-state index >= 15 is 0 Å². The molecule has 1 heterocycles. The number of hydrogen-bond acceptors (Lipinski definition) is 1. The molecule has 0 amide bonds. The van der Waals surface area contributed by atoms with E-state index in [1.165, 1.54) is 33.4 Å². The van der Waals surface area contributed by atoms with Crippen molar-refractivity contribution in [2.45, 2.75) is 6.42 Å². The van der Waals surface area contributed by atoms with Gasteiger partial charge in [-0.05, 0) is 28.8 Å². The van der Waals surface area contributed by atoms with Crippen molar-refractivity contribution >= 4 is 28.6 Å². The molecule has 0 unspecified atom stereocenters. The molecule has 0 fully saturated rings. The summed E-state index contributed by atoms with van der Waals surface area (Å²) in [5.74, 6) is 0. The van der Waals surface area contributed by atoms with Gasteiger partial charge >= 0.3 is 26.2 Å². The van der Waals surface area contributed by atoms with Crippen molar-refractivity contribution in [1.29, 1.82) is 0 Å². The number of halogens is 2. The van der Waals surface area contributed by atoms with E-state index in [9.17, 15) is 0 Å². The fourth-order valence-electron chi connectivity index (χ4n) is 3.37. The van der Waals surface area contributed by atoms with Crippen molar-refractivity contribution in [3.8, 4) is 0 Å². The summed E-state index contributed by atoms with van der Waals surface area (Å²) in [7, 11) is 0. The van der Waals surface area contributed by atoms with E-state index in [1.54, 1.807) is 0 Å². The Bertz CT molecular complexity index is 923. The normalized spacial score (nSPS) is 14.9. The Labute approximate surface area is 173 Å². The standard InChI is InChI=1S/C20H12N.2ClH.Zr/c1-2-7-13(6-1)15-10-5-11-18-19(15)17-12-14-8-3-4-9-16(14)20(17)21-18;;;/h1,3-6,8-12H,2H2;2*1H;/q-1;;;+3/p-2. The van der Waals surface area contributed by atoms with Crippen LogP contribution in [0.5, 0.6) is 0 Å². The fraction of sp³-hybridized carbons (Fsp3) is 0.0500. The molecule has 0 N–H and O–H groups in total. The van der Waals surface area contributed by atoms with Crippen molar-refractivity contribution in [3.63, 3.8) is 0 Å². The van der Waals surface area contributed by atoms with Gasteiger partial charge in [0.25, 0.3) is 0 Å². The van der Waals surface area contributed by atoms with Gasteiger partial charge in [-0.15, -0.1) is 17.7 Å². The summed E-state index contributed by atoms with van der Waals surface area (Å²) >= 11 is 0. The van der Waals surface area contributed by atoms with Crippen LogP contribution >= 0.6 is 0 Å². The van der Waals surface area contributed by atoms with E-state index < -0.39 is 0 Å². The molecule has 2 aliphatic carbocycles. The molecule has 0 aromatic heterocycles. The van der Waals surface area contributed by atoms with Crippen molar-refractivity contribution in [1.82, 2.24) is 0 Å². The smallest absolute Gasteiger partial charge is 1.00 e. The molecule has 2 aromatic carbocycles. The average Bonchev–Trinajstić information content (AvgIpc) is 3.22. The molecule has 2 aromatic rings. The number of fused-ring (bicyclic) bond motifs is 5. The van der Waals surface area contributed by atoms with Gasteiger partial charge in [0, 0.05) is 5.56 Å². The van der Waals surface area contributed by atoms with Crippen molar-refractivity contribution in [3.05, 3.63) is 82.9 Å². The second kappa shape index (κ2) is 7.35. The zero-order valence-corrected chi connectivity index (χ0v) is 16.7. The van der Waals surface area contributed by atoms with E-state index in [1.807, 2.05) is 0 Å². The van der Waals surface area contributed by atoms with Crippen LogP contribution in [0.4, 0.5) is 5.69 Å². The maximum Gasteiger partial charge on any atom is 3.00 e. The first-order valence-corrected chi connectivity index (χ1v) is 7.23. The van der Waals surface area contributed by atoms with E-state index in [0.29, 0.717) is 0 Å². The van der Waals surface area contributed by atoms with Crippen molar-refractivity contribution < 1.29 is 51.0 Å². The summed E-state index contributed by atoms with van der Waals surface area (Å²) in [5.41, 5.74) is 9.68. The minimum atomic E-state index is 0. The number of allylic oxidation sites excluding steroid dienone is 5. The number of nitrogens with zero attached hydrogens (tertiary/aromatic N) is 1. The van der Waals surface area contributed by atoms with Gasteiger partial charge in [-0.25, -0.2) is 4.99 Å². The van der Waals surface area contributed by atoms with Gasteiger partial charge in [-0.1, -0.05) is 36.8 Å². The molecule has 0 spiro atoms. The van der Waals surface area contributed by atoms with Crippen LogP contribution in [0, 0.1) is 6.08 Å². The topological polar surface area (TPSA) is 12.4 Å². The maximum atomic E-state index is 4.87. The van der Waals surface area contributed by atoms with Gasteiger partial charge in [0.2, 0.25) is 0 Å². The molecule has 115 valence electrons. The van der Waals surface area contributed by atoms with Gasteiger partial charge in [0.1, 0.15) is 0 Å². The van der Waals surface area contributed by atoms with Crippen LogP contribution in [-0.4, -0.2) is 5.71 Å². The van der Waals surface area contributed by atoms with Gasteiger partial charge in [-0.3, -0.25) is 0 Å². The second-order valence-corrected chi connectivity index (χ2v) is 5.50. The third kappa shape index (κ3) is 2.71. The molecule has 0 saturated carbocycles. The molecule has 4 heteroatoms. The summed E-state index contributed by atoms with van der Waals surface area (Å²) in [4.78, 5) is 4.87. The zero-order valence-electron chi connectivity index (χ0n) is 12.7. The third-order valence-electron chi connectivity index (χ3n) is 4.30. The van der Waals surface area contributed by atoms with Crippen molar-refractivity contribution in [2.75, 3.05) is 0 Å². The monoisotopic (exact) mass is 426 g/mol. The van der Waals surface area contributed by atoms with E-state index in [-0.39, 0.29) is 51.0 Å². The Morgan fingerprint density at radius 3 is 2.50 bits per heavy atom. The predicted molar refractivity (Wildman–Crippen MR) is 87.4 cm³/mol. The largest absolute Gasteiger partial charge is 3.00 e. The molecule has 1 nitrogen and oxygen atoms in total. The molecule has 0 saturated heterocycles. The molecule has 1 aliphatic heterocycles. The summed E-state index contributed by atoms with van der Waals surface area (Å²) in [5, 5.41) is 0. The van der Waals surface area contributed by atoms with Crippen LogP contribution in [0.1, 0.15) is 28.7 Å².